The van der Waals surface area contributed by atoms with Crippen molar-refractivity contribution in [2.45, 2.75) is 46.0 Å². The molecule has 2 aliphatic heterocycles. The predicted molar refractivity (Wildman–Crippen MR) is 73.4 cm³/mol. The van der Waals surface area contributed by atoms with E-state index in [0.717, 1.165) is 70.2 Å². The van der Waals surface area contributed by atoms with Crippen molar-refractivity contribution in [2.75, 3.05) is 26.3 Å². The van der Waals surface area contributed by atoms with Gasteiger partial charge in [-0.25, -0.2) is 0 Å². The van der Waals surface area contributed by atoms with Gasteiger partial charge in [0.2, 0.25) is 0 Å². The molecule has 0 bridgehead atoms. The molecular formula is C14H24N2O2. The SMILES string of the molecule is CCCC(CC)(C1=NCCCO1)C1=NCCCO1. The molecule has 0 atom stereocenters. The standard InChI is InChI=1S/C14H24N2O2/c1-3-7-14(4-2,12-15-8-5-10-17-12)13-16-9-6-11-18-13/h3-11H2,1-2H3. The highest BCUT2D eigenvalue weighted by molar-refractivity contribution is 6.05. The number of nitrogens with zero attached hydrogens (tertiary/aromatic N) is 2. The van der Waals surface area contributed by atoms with Crippen LogP contribution in [0.3, 0.4) is 0 Å². The number of aliphatic imine (C=N–C) groups is 2. The molecule has 2 aliphatic rings. The van der Waals surface area contributed by atoms with Crippen LogP contribution in [0.1, 0.15) is 46.0 Å². The molecule has 0 unspecified atom stereocenters. The minimum atomic E-state index is -0.213. The third-order valence-electron chi connectivity index (χ3n) is 3.69. The topological polar surface area (TPSA) is 43.2 Å². The maximum Gasteiger partial charge on any atom is 0.199 e. The Bertz CT molecular complexity index is 311. The van der Waals surface area contributed by atoms with E-state index < -0.39 is 0 Å². The van der Waals surface area contributed by atoms with Gasteiger partial charge in [-0.1, -0.05) is 20.3 Å². The number of ether oxygens (including phenoxy) is 2. The molecule has 2 heterocycles. The molecule has 0 saturated carbocycles. The fourth-order valence-electron chi connectivity index (χ4n) is 2.71. The van der Waals surface area contributed by atoms with Crippen LogP contribution in [-0.4, -0.2) is 38.1 Å². The van der Waals surface area contributed by atoms with Crippen LogP contribution < -0.4 is 0 Å². The molecule has 0 aromatic heterocycles. The lowest BCUT2D eigenvalue weighted by atomic mass is 9.79. The summed E-state index contributed by atoms with van der Waals surface area (Å²) in [7, 11) is 0. The summed E-state index contributed by atoms with van der Waals surface area (Å²) in [5, 5.41) is 0. The van der Waals surface area contributed by atoms with Crippen LogP contribution in [0.4, 0.5) is 0 Å². The van der Waals surface area contributed by atoms with E-state index in [1.807, 2.05) is 0 Å². The van der Waals surface area contributed by atoms with Gasteiger partial charge in [0, 0.05) is 25.9 Å². The molecule has 0 amide bonds. The Morgan fingerprint density at radius 2 is 1.56 bits per heavy atom. The minimum Gasteiger partial charge on any atom is -0.480 e. The van der Waals surface area contributed by atoms with Crippen molar-refractivity contribution < 1.29 is 9.47 Å². The molecule has 2 rings (SSSR count). The van der Waals surface area contributed by atoms with E-state index in [4.69, 9.17) is 9.47 Å². The molecule has 0 aromatic rings. The number of hydrogen-bond donors (Lipinski definition) is 0. The molecular weight excluding hydrogens is 228 g/mol. The van der Waals surface area contributed by atoms with Gasteiger partial charge in [-0.3, -0.25) is 9.98 Å². The van der Waals surface area contributed by atoms with Gasteiger partial charge in [-0.15, -0.1) is 0 Å². The lowest BCUT2D eigenvalue weighted by molar-refractivity contribution is 0.197. The van der Waals surface area contributed by atoms with Gasteiger partial charge in [0.05, 0.1) is 13.2 Å². The molecule has 4 nitrogen and oxygen atoms in total. The normalized spacial score (nSPS) is 20.6. The summed E-state index contributed by atoms with van der Waals surface area (Å²) < 4.78 is 11.7. The fourth-order valence-corrected chi connectivity index (χ4v) is 2.71. The Labute approximate surface area is 109 Å². The van der Waals surface area contributed by atoms with E-state index in [2.05, 4.69) is 23.8 Å². The van der Waals surface area contributed by atoms with Gasteiger partial charge in [-0.2, -0.15) is 0 Å². The van der Waals surface area contributed by atoms with Crippen LogP contribution in [0, 0.1) is 5.41 Å². The average molecular weight is 252 g/mol. The highest BCUT2D eigenvalue weighted by atomic mass is 16.5. The zero-order valence-corrected chi connectivity index (χ0v) is 11.6. The largest absolute Gasteiger partial charge is 0.480 e. The molecule has 0 saturated heterocycles. The average Bonchev–Trinajstić information content (AvgIpc) is 2.47. The second kappa shape index (κ2) is 6.21. The highest BCUT2D eigenvalue weighted by Crippen LogP contribution is 2.35. The van der Waals surface area contributed by atoms with Gasteiger partial charge in [0.15, 0.2) is 11.8 Å². The molecule has 0 spiro atoms. The molecule has 0 aliphatic carbocycles. The van der Waals surface area contributed by atoms with E-state index in [1.54, 1.807) is 0 Å². The summed E-state index contributed by atoms with van der Waals surface area (Å²) in [6.45, 7) is 7.66. The third-order valence-corrected chi connectivity index (χ3v) is 3.69. The van der Waals surface area contributed by atoms with E-state index in [9.17, 15) is 0 Å². The maximum atomic E-state index is 5.83. The third kappa shape index (κ3) is 2.52. The Morgan fingerprint density at radius 1 is 1.00 bits per heavy atom. The lowest BCUT2D eigenvalue weighted by Crippen LogP contribution is -2.44. The van der Waals surface area contributed by atoms with Crippen molar-refractivity contribution in [1.82, 2.24) is 0 Å². The summed E-state index contributed by atoms with van der Waals surface area (Å²) in [6.07, 6.45) is 5.06. The van der Waals surface area contributed by atoms with E-state index in [1.165, 1.54) is 0 Å². The highest BCUT2D eigenvalue weighted by Gasteiger charge is 2.43. The molecule has 0 radical (unpaired) electrons. The van der Waals surface area contributed by atoms with Crippen LogP contribution in [-0.2, 0) is 9.47 Å². The number of hydrogen-bond acceptors (Lipinski definition) is 4. The summed E-state index contributed by atoms with van der Waals surface area (Å²) in [5.41, 5.74) is -0.213. The Hall–Kier alpha value is -1.06. The second-order valence-electron chi connectivity index (χ2n) is 4.96. The van der Waals surface area contributed by atoms with Gasteiger partial charge >= 0.3 is 0 Å². The molecule has 102 valence electrons. The van der Waals surface area contributed by atoms with Crippen LogP contribution in [0.2, 0.25) is 0 Å². The van der Waals surface area contributed by atoms with Crippen LogP contribution in [0.5, 0.6) is 0 Å². The van der Waals surface area contributed by atoms with Crippen LogP contribution >= 0.6 is 0 Å². The zero-order chi connectivity index (χ0) is 12.8. The smallest absolute Gasteiger partial charge is 0.199 e. The Balaban J connectivity index is 2.31. The summed E-state index contributed by atoms with van der Waals surface area (Å²) in [6, 6.07) is 0. The van der Waals surface area contributed by atoms with Crippen molar-refractivity contribution in [3.05, 3.63) is 0 Å². The van der Waals surface area contributed by atoms with Crippen molar-refractivity contribution >= 4 is 11.8 Å². The van der Waals surface area contributed by atoms with Gasteiger partial charge in [0.1, 0.15) is 5.41 Å². The van der Waals surface area contributed by atoms with Gasteiger partial charge in [-0.05, 0) is 12.8 Å². The summed E-state index contributed by atoms with van der Waals surface area (Å²) >= 11 is 0. The minimum absolute atomic E-state index is 0.213. The first kappa shape index (κ1) is 13.4. The zero-order valence-electron chi connectivity index (χ0n) is 11.6. The van der Waals surface area contributed by atoms with Crippen molar-refractivity contribution in [3.63, 3.8) is 0 Å². The second-order valence-corrected chi connectivity index (χ2v) is 4.96. The molecule has 18 heavy (non-hydrogen) atoms. The van der Waals surface area contributed by atoms with Crippen LogP contribution in [0.15, 0.2) is 9.98 Å². The van der Waals surface area contributed by atoms with Crippen molar-refractivity contribution in [2.24, 2.45) is 15.4 Å². The number of rotatable bonds is 5. The van der Waals surface area contributed by atoms with Gasteiger partial charge < -0.3 is 9.47 Å². The summed E-state index contributed by atoms with van der Waals surface area (Å²) in [4.78, 5) is 9.20. The molecule has 0 aromatic carbocycles. The van der Waals surface area contributed by atoms with E-state index in [-0.39, 0.29) is 5.41 Å². The molecule has 0 fully saturated rings. The van der Waals surface area contributed by atoms with Gasteiger partial charge in [0.25, 0.3) is 0 Å². The fraction of sp³-hybridized carbons (Fsp3) is 0.857. The Morgan fingerprint density at radius 3 is 1.89 bits per heavy atom. The summed E-state index contributed by atoms with van der Waals surface area (Å²) in [5.74, 6) is 1.72. The van der Waals surface area contributed by atoms with Crippen molar-refractivity contribution in [3.8, 4) is 0 Å². The Kier molecular flexibility index (Phi) is 4.61. The molecule has 0 N–H and O–H groups in total. The first-order chi connectivity index (χ1) is 8.83. The maximum absolute atomic E-state index is 5.83. The van der Waals surface area contributed by atoms with Crippen molar-refractivity contribution in [1.29, 1.82) is 0 Å². The quantitative estimate of drug-likeness (QED) is 0.755. The lowest BCUT2D eigenvalue weighted by Gasteiger charge is -2.36. The monoisotopic (exact) mass is 252 g/mol. The first-order valence-corrected chi connectivity index (χ1v) is 7.19. The molecule has 4 heteroatoms. The van der Waals surface area contributed by atoms with E-state index >= 15 is 0 Å². The van der Waals surface area contributed by atoms with E-state index in [0.29, 0.717) is 0 Å². The predicted octanol–water partition coefficient (Wildman–Crippen LogP) is 2.82. The first-order valence-electron chi connectivity index (χ1n) is 7.19. The van der Waals surface area contributed by atoms with Crippen LogP contribution in [0.25, 0.3) is 0 Å².